The number of hydrogen-bond donors (Lipinski definition) is 2. The molecule has 2 heteroatoms. The minimum atomic E-state index is 0.763. The average Bonchev–Trinajstić information content (AvgIpc) is 2.69. The first-order valence-corrected chi connectivity index (χ1v) is 4.83. The van der Waals surface area contributed by atoms with Crippen LogP contribution in [0.2, 0.25) is 0 Å². The smallest absolute Gasteiger partial charge is 0.0195 e. The summed E-state index contributed by atoms with van der Waals surface area (Å²) in [6, 6.07) is 1.61. The van der Waals surface area contributed by atoms with Gasteiger partial charge in [0.15, 0.2) is 0 Å². The standard InChI is InChI=1S/C9H18N2/c1-7-5-9(7)11-8-3-2-4-10-6-8/h7-11H,2-6H2,1H3. The van der Waals surface area contributed by atoms with Crippen molar-refractivity contribution in [1.29, 1.82) is 0 Å². The molecule has 1 aliphatic heterocycles. The molecule has 11 heavy (non-hydrogen) atoms. The van der Waals surface area contributed by atoms with Crippen LogP contribution in [-0.4, -0.2) is 25.2 Å². The molecule has 0 spiro atoms. The van der Waals surface area contributed by atoms with Crippen molar-refractivity contribution >= 4 is 0 Å². The zero-order chi connectivity index (χ0) is 7.68. The largest absolute Gasteiger partial charge is 0.315 e. The third kappa shape index (κ3) is 1.94. The highest BCUT2D eigenvalue weighted by Crippen LogP contribution is 2.29. The fraction of sp³-hybridized carbons (Fsp3) is 1.00. The van der Waals surface area contributed by atoms with Crippen LogP contribution in [0.25, 0.3) is 0 Å². The lowest BCUT2D eigenvalue weighted by Crippen LogP contribution is -2.44. The molecule has 0 aromatic heterocycles. The molecule has 0 aromatic carbocycles. The van der Waals surface area contributed by atoms with E-state index in [1.54, 1.807) is 0 Å². The van der Waals surface area contributed by atoms with Crippen LogP contribution in [0.15, 0.2) is 0 Å². The molecular formula is C9H18N2. The average molecular weight is 154 g/mol. The summed E-state index contributed by atoms with van der Waals surface area (Å²) in [6.45, 7) is 4.73. The van der Waals surface area contributed by atoms with Gasteiger partial charge in [-0.1, -0.05) is 6.92 Å². The van der Waals surface area contributed by atoms with E-state index >= 15 is 0 Å². The molecule has 2 N–H and O–H groups in total. The van der Waals surface area contributed by atoms with E-state index in [2.05, 4.69) is 17.6 Å². The van der Waals surface area contributed by atoms with Gasteiger partial charge in [0.25, 0.3) is 0 Å². The van der Waals surface area contributed by atoms with Crippen LogP contribution in [0.4, 0.5) is 0 Å². The fourth-order valence-electron chi connectivity index (χ4n) is 1.85. The highest BCUT2D eigenvalue weighted by molar-refractivity contribution is 4.93. The second-order valence-corrected chi connectivity index (χ2v) is 4.03. The van der Waals surface area contributed by atoms with E-state index in [0.29, 0.717) is 0 Å². The summed E-state index contributed by atoms with van der Waals surface area (Å²) in [6.07, 6.45) is 4.12. The zero-order valence-electron chi connectivity index (χ0n) is 7.27. The van der Waals surface area contributed by atoms with Crippen molar-refractivity contribution in [3.05, 3.63) is 0 Å². The van der Waals surface area contributed by atoms with Gasteiger partial charge in [-0.25, -0.2) is 0 Å². The molecule has 3 atom stereocenters. The van der Waals surface area contributed by atoms with Gasteiger partial charge in [-0.05, 0) is 31.7 Å². The third-order valence-electron chi connectivity index (χ3n) is 2.86. The second-order valence-electron chi connectivity index (χ2n) is 4.03. The van der Waals surface area contributed by atoms with Crippen molar-refractivity contribution in [2.45, 2.75) is 38.3 Å². The van der Waals surface area contributed by atoms with E-state index in [9.17, 15) is 0 Å². The zero-order valence-corrected chi connectivity index (χ0v) is 7.27. The lowest BCUT2D eigenvalue weighted by atomic mass is 10.1. The Morgan fingerprint density at radius 3 is 2.82 bits per heavy atom. The van der Waals surface area contributed by atoms with Crippen LogP contribution < -0.4 is 10.6 Å². The van der Waals surface area contributed by atoms with Gasteiger partial charge in [0.2, 0.25) is 0 Å². The molecule has 0 aromatic rings. The Morgan fingerprint density at radius 1 is 1.45 bits per heavy atom. The van der Waals surface area contributed by atoms with Crippen molar-refractivity contribution in [1.82, 2.24) is 10.6 Å². The maximum atomic E-state index is 3.68. The van der Waals surface area contributed by atoms with Crippen molar-refractivity contribution in [2.24, 2.45) is 5.92 Å². The molecule has 3 unspecified atom stereocenters. The Bertz CT molecular complexity index is 130. The number of hydrogen-bond acceptors (Lipinski definition) is 2. The number of nitrogens with one attached hydrogen (secondary N) is 2. The van der Waals surface area contributed by atoms with Gasteiger partial charge in [0.1, 0.15) is 0 Å². The first kappa shape index (κ1) is 7.56. The summed E-state index contributed by atoms with van der Waals surface area (Å²) in [7, 11) is 0. The van der Waals surface area contributed by atoms with Gasteiger partial charge in [0.05, 0.1) is 0 Å². The van der Waals surface area contributed by atoms with Gasteiger partial charge in [-0.2, -0.15) is 0 Å². The lowest BCUT2D eigenvalue weighted by Gasteiger charge is -2.23. The Morgan fingerprint density at radius 2 is 2.27 bits per heavy atom. The molecule has 1 saturated heterocycles. The Balaban J connectivity index is 1.68. The highest BCUT2D eigenvalue weighted by Gasteiger charge is 2.34. The molecule has 2 fully saturated rings. The molecule has 0 amide bonds. The van der Waals surface area contributed by atoms with E-state index in [1.807, 2.05) is 0 Å². The van der Waals surface area contributed by atoms with E-state index in [4.69, 9.17) is 0 Å². The first-order chi connectivity index (χ1) is 5.36. The summed E-state index contributed by atoms with van der Waals surface area (Å²) in [5.74, 6) is 0.942. The summed E-state index contributed by atoms with van der Waals surface area (Å²) in [5.41, 5.74) is 0. The van der Waals surface area contributed by atoms with E-state index in [-0.39, 0.29) is 0 Å². The normalized spacial score (nSPS) is 43.9. The quantitative estimate of drug-likeness (QED) is 0.613. The lowest BCUT2D eigenvalue weighted by molar-refractivity contribution is 0.383. The van der Waals surface area contributed by atoms with Crippen molar-refractivity contribution in [3.63, 3.8) is 0 Å². The SMILES string of the molecule is CC1CC1NC1CCCNC1. The summed E-state index contributed by atoms with van der Waals surface area (Å²) in [5, 5.41) is 7.10. The van der Waals surface area contributed by atoms with Crippen LogP contribution in [0.3, 0.4) is 0 Å². The summed E-state index contributed by atoms with van der Waals surface area (Å²) in [4.78, 5) is 0. The molecule has 1 saturated carbocycles. The van der Waals surface area contributed by atoms with Crippen LogP contribution >= 0.6 is 0 Å². The van der Waals surface area contributed by atoms with Crippen molar-refractivity contribution in [2.75, 3.05) is 13.1 Å². The van der Waals surface area contributed by atoms with Gasteiger partial charge in [0, 0.05) is 18.6 Å². The molecule has 1 heterocycles. The monoisotopic (exact) mass is 154 g/mol. The van der Waals surface area contributed by atoms with E-state index in [0.717, 1.165) is 18.0 Å². The minimum Gasteiger partial charge on any atom is -0.315 e. The molecule has 2 rings (SSSR count). The van der Waals surface area contributed by atoms with Crippen molar-refractivity contribution < 1.29 is 0 Å². The first-order valence-electron chi connectivity index (χ1n) is 4.83. The predicted octanol–water partition coefficient (Wildman–Crippen LogP) is 0.736. The molecule has 2 aliphatic rings. The summed E-state index contributed by atoms with van der Waals surface area (Å²) >= 11 is 0. The fourth-order valence-corrected chi connectivity index (χ4v) is 1.85. The molecule has 0 bridgehead atoms. The second kappa shape index (κ2) is 3.11. The van der Waals surface area contributed by atoms with E-state index < -0.39 is 0 Å². The molecule has 2 nitrogen and oxygen atoms in total. The highest BCUT2D eigenvalue weighted by atomic mass is 15.0. The van der Waals surface area contributed by atoms with E-state index in [1.165, 1.54) is 32.4 Å². The molecule has 0 radical (unpaired) electrons. The minimum absolute atomic E-state index is 0.763. The Labute approximate surface area is 68.7 Å². The van der Waals surface area contributed by atoms with Crippen molar-refractivity contribution in [3.8, 4) is 0 Å². The third-order valence-corrected chi connectivity index (χ3v) is 2.86. The molecule has 1 aliphatic carbocycles. The topological polar surface area (TPSA) is 24.1 Å². The van der Waals surface area contributed by atoms with Gasteiger partial charge in [-0.15, -0.1) is 0 Å². The van der Waals surface area contributed by atoms with Crippen LogP contribution in [-0.2, 0) is 0 Å². The number of piperidine rings is 1. The van der Waals surface area contributed by atoms with Gasteiger partial charge < -0.3 is 10.6 Å². The Kier molecular flexibility index (Phi) is 2.14. The Hall–Kier alpha value is -0.0800. The number of rotatable bonds is 2. The predicted molar refractivity (Wildman–Crippen MR) is 46.6 cm³/mol. The maximum Gasteiger partial charge on any atom is 0.0195 e. The molecule has 64 valence electrons. The molecular weight excluding hydrogens is 136 g/mol. The van der Waals surface area contributed by atoms with Crippen LogP contribution in [0.1, 0.15) is 26.2 Å². The van der Waals surface area contributed by atoms with Crippen LogP contribution in [0.5, 0.6) is 0 Å². The maximum absolute atomic E-state index is 3.68. The summed E-state index contributed by atoms with van der Waals surface area (Å²) < 4.78 is 0. The van der Waals surface area contributed by atoms with Gasteiger partial charge >= 0.3 is 0 Å². The van der Waals surface area contributed by atoms with Crippen LogP contribution in [0, 0.1) is 5.92 Å². The van der Waals surface area contributed by atoms with Gasteiger partial charge in [-0.3, -0.25) is 0 Å².